The summed E-state index contributed by atoms with van der Waals surface area (Å²) in [4.78, 5) is 11.4. The SMILES string of the molecule is CCCSc1cc(Oc2ccc([N+](=O)[O-])cc2)ccc1C. The van der Waals surface area contributed by atoms with Gasteiger partial charge in [-0.3, -0.25) is 10.1 Å². The molecule has 0 aliphatic carbocycles. The first-order valence-corrected chi connectivity index (χ1v) is 7.74. The third kappa shape index (κ3) is 4.23. The Bertz CT molecular complexity index is 626. The number of non-ortho nitro benzene ring substituents is 1. The van der Waals surface area contributed by atoms with Crippen molar-refractivity contribution in [1.29, 1.82) is 0 Å². The number of rotatable bonds is 6. The highest BCUT2D eigenvalue weighted by Gasteiger charge is 2.06. The number of ether oxygens (including phenoxy) is 1. The maximum Gasteiger partial charge on any atom is 0.269 e. The summed E-state index contributed by atoms with van der Waals surface area (Å²) in [6, 6.07) is 12.0. The predicted octanol–water partition coefficient (Wildman–Crippen LogP) is 5.20. The van der Waals surface area contributed by atoms with Crippen molar-refractivity contribution in [3.63, 3.8) is 0 Å². The molecule has 0 aliphatic heterocycles. The highest BCUT2D eigenvalue weighted by Crippen LogP contribution is 2.30. The Hall–Kier alpha value is -2.01. The van der Waals surface area contributed by atoms with E-state index in [9.17, 15) is 10.1 Å². The second-order valence-corrected chi connectivity index (χ2v) is 5.77. The van der Waals surface area contributed by atoms with Gasteiger partial charge in [-0.2, -0.15) is 0 Å². The van der Waals surface area contributed by atoms with Gasteiger partial charge in [0.05, 0.1) is 4.92 Å². The molecule has 4 nitrogen and oxygen atoms in total. The lowest BCUT2D eigenvalue weighted by molar-refractivity contribution is -0.384. The van der Waals surface area contributed by atoms with E-state index >= 15 is 0 Å². The first-order valence-electron chi connectivity index (χ1n) is 6.76. The van der Waals surface area contributed by atoms with E-state index in [0.717, 1.165) is 17.9 Å². The first kappa shape index (κ1) is 15.4. The van der Waals surface area contributed by atoms with Crippen LogP contribution in [0.4, 0.5) is 5.69 Å². The molecule has 0 amide bonds. The minimum atomic E-state index is -0.421. The van der Waals surface area contributed by atoms with Crippen LogP contribution in [0.1, 0.15) is 18.9 Å². The van der Waals surface area contributed by atoms with Crippen LogP contribution >= 0.6 is 11.8 Å². The van der Waals surface area contributed by atoms with Gasteiger partial charge in [0.25, 0.3) is 5.69 Å². The number of nitro groups is 1. The molecule has 2 rings (SSSR count). The number of hydrogen-bond acceptors (Lipinski definition) is 4. The standard InChI is InChI=1S/C16H17NO3S/c1-3-10-21-16-11-15(7-4-12(16)2)20-14-8-5-13(6-9-14)17(18)19/h4-9,11H,3,10H2,1-2H3. The molecule has 2 aromatic rings. The fourth-order valence-electron chi connectivity index (χ4n) is 1.78. The fourth-order valence-corrected chi connectivity index (χ4v) is 2.70. The van der Waals surface area contributed by atoms with Crippen LogP contribution in [-0.2, 0) is 0 Å². The Kier molecular flexibility index (Phi) is 5.22. The van der Waals surface area contributed by atoms with Gasteiger partial charge in [0.15, 0.2) is 0 Å². The van der Waals surface area contributed by atoms with E-state index in [1.165, 1.54) is 22.6 Å². The summed E-state index contributed by atoms with van der Waals surface area (Å²) in [6.07, 6.45) is 1.12. The van der Waals surface area contributed by atoms with E-state index in [2.05, 4.69) is 13.8 Å². The van der Waals surface area contributed by atoms with Gasteiger partial charge >= 0.3 is 0 Å². The zero-order chi connectivity index (χ0) is 15.2. The maximum atomic E-state index is 10.6. The van der Waals surface area contributed by atoms with Crippen LogP contribution in [0.15, 0.2) is 47.4 Å². The third-order valence-corrected chi connectivity index (χ3v) is 4.27. The van der Waals surface area contributed by atoms with Crippen LogP contribution in [0.2, 0.25) is 0 Å². The summed E-state index contributed by atoms with van der Waals surface area (Å²) in [5, 5.41) is 10.6. The molecule has 0 aliphatic rings. The van der Waals surface area contributed by atoms with Crippen molar-refractivity contribution >= 4 is 17.4 Å². The van der Waals surface area contributed by atoms with Gasteiger partial charge in [0, 0.05) is 17.0 Å². The van der Waals surface area contributed by atoms with Gasteiger partial charge in [-0.05, 0) is 48.9 Å². The van der Waals surface area contributed by atoms with Gasteiger partial charge in [-0.25, -0.2) is 0 Å². The van der Waals surface area contributed by atoms with Crippen LogP contribution in [0, 0.1) is 17.0 Å². The van der Waals surface area contributed by atoms with E-state index in [-0.39, 0.29) is 5.69 Å². The highest BCUT2D eigenvalue weighted by molar-refractivity contribution is 7.99. The summed E-state index contributed by atoms with van der Waals surface area (Å²) in [5.41, 5.74) is 1.29. The second kappa shape index (κ2) is 7.13. The molecule has 110 valence electrons. The lowest BCUT2D eigenvalue weighted by Gasteiger charge is -2.09. The Labute approximate surface area is 128 Å². The maximum absolute atomic E-state index is 10.6. The van der Waals surface area contributed by atoms with Crippen molar-refractivity contribution in [2.45, 2.75) is 25.2 Å². The molecule has 0 unspecified atom stereocenters. The zero-order valence-corrected chi connectivity index (χ0v) is 12.9. The van der Waals surface area contributed by atoms with Crippen molar-refractivity contribution in [2.75, 3.05) is 5.75 Å². The second-order valence-electron chi connectivity index (χ2n) is 4.63. The van der Waals surface area contributed by atoms with Gasteiger partial charge in [-0.15, -0.1) is 11.8 Å². The molecule has 0 saturated heterocycles. The Morgan fingerprint density at radius 3 is 2.43 bits per heavy atom. The Morgan fingerprint density at radius 2 is 1.81 bits per heavy atom. The molecule has 0 aromatic heterocycles. The number of nitro benzene ring substituents is 1. The molecule has 2 aromatic carbocycles. The molecular weight excluding hydrogens is 286 g/mol. The molecule has 0 atom stereocenters. The van der Waals surface area contributed by atoms with E-state index in [0.29, 0.717) is 5.75 Å². The predicted molar refractivity (Wildman–Crippen MR) is 85.4 cm³/mol. The molecule has 21 heavy (non-hydrogen) atoms. The van der Waals surface area contributed by atoms with Gasteiger partial charge < -0.3 is 4.74 Å². The minimum Gasteiger partial charge on any atom is -0.457 e. The number of nitrogens with zero attached hydrogens (tertiary/aromatic N) is 1. The van der Waals surface area contributed by atoms with E-state index in [4.69, 9.17) is 4.74 Å². The van der Waals surface area contributed by atoms with E-state index in [1.807, 2.05) is 30.0 Å². The number of hydrogen-bond donors (Lipinski definition) is 0. The van der Waals surface area contributed by atoms with E-state index < -0.39 is 4.92 Å². The monoisotopic (exact) mass is 303 g/mol. The lowest BCUT2D eigenvalue weighted by Crippen LogP contribution is -1.89. The largest absolute Gasteiger partial charge is 0.457 e. The minimum absolute atomic E-state index is 0.0606. The third-order valence-electron chi connectivity index (χ3n) is 2.90. The van der Waals surface area contributed by atoms with Crippen molar-refractivity contribution in [2.24, 2.45) is 0 Å². The van der Waals surface area contributed by atoms with E-state index in [1.54, 1.807) is 12.1 Å². The van der Waals surface area contributed by atoms with Crippen LogP contribution in [-0.4, -0.2) is 10.7 Å². The van der Waals surface area contributed by atoms with Crippen LogP contribution in [0.5, 0.6) is 11.5 Å². The smallest absolute Gasteiger partial charge is 0.269 e. The van der Waals surface area contributed by atoms with Gasteiger partial charge in [-0.1, -0.05) is 13.0 Å². The quantitative estimate of drug-likeness (QED) is 0.418. The molecule has 0 heterocycles. The van der Waals surface area contributed by atoms with Gasteiger partial charge in [0.1, 0.15) is 11.5 Å². The van der Waals surface area contributed by atoms with Crippen LogP contribution < -0.4 is 4.74 Å². The van der Waals surface area contributed by atoms with Crippen LogP contribution in [0.25, 0.3) is 0 Å². The average molecular weight is 303 g/mol. The van der Waals surface area contributed by atoms with Crippen molar-refractivity contribution in [3.05, 3.63) is 58.1 Å². The summed E-state index contributed by atoms with van der Waals surface area (Å²) >= 11 is 1.81. The summed E-state index contributed by atoms with van der Waals surface area (Å²) in [5.74, 6) is 2.41. The summed E-state index contributed by atoms with van der Waals surface area (Å²) in [6.45, 7) is 4.23. The van der Waals surface area contributed by atoms with Crippen molar-refractivity contribution < 1.29 is 9.66 Å². The van der Waals surface area contributed by atoms with Crippen molar-refractivity contribution in [3.8, 4) is 11.5 Å². The number of benzene rings is 2. The number of thioether (sulfide) groups is 1. The molecule has 0 N–H and O–H groups in total. The molecular formula is C16H17NO3S. The topological polar surface area (TPSA) is 52.4 Å². The first-order chi connectivity index (χ1) is 10.1. The van der Waals surface area contributed by atoms with Crippen LogP contribution in [0.3, 0.4) is 0 Å². The highest BCUT2D eigenvalue weighted by atomic mass is 32.2. The van der Waals surface area contributed by atoms with Crippen molar-refractivity contribution in [1.82, 2.24) is 0 Å². The number of aryl methyl sites for hydroxylation is 1. The Morgan fingerprint density at radius 1 is 1.14 bits per heavy atom. The summed E-state index contributed by atoms with van der Waals surface area (Å²) < 4.78 is 5.75. The molecule has 0 saturated carbocycles. The fraction of sp³-hybridized carbons (Fsp3) is 0.250. The summed E-state index contributed by atoms with van der Waals surface area (Å²) in [7, 11) is 0. The molecule has 0 fully saturated rings. The Balaban J connectivity index is 2.13. The lowest BCUT2D eigenvalue weighted by atomic mass is 10.2. The molecule has 5 heteroatoms. The zero-order valence-electron chi connectivity index (χ0n) is 12.0. The molecule has 0 spiro atoms. The normalized spacial score (nSPS) is 10.4. The molecule has 0 radical (unpaired) electrons. The van der Waals surface area contributed by atoms with Gasteiger partial charge in [0.2, 0.25) is 0 Å². The average Bonchev–Trinajstić information content (AvgIpc) is 2.48. The molecule has 0 bridgehead atoms.